The Balaban J connectivity index is 1.75. The van der Waals surface area contributed by atoms with Gasteiger partial charge in [0.1, 0.15) is 0 Å². The Labute approximate surface area is 125 Å². The smallest absolute Gasteiger partial charge is 0.321 e. The third-order valence-corrected chi connectivity index (χ3v) is 3.76. The van der Waals surface area contributed by atoms with E-state index in [-0.39, 0.29) is 18.5 Å². The molecule has 1 aromatic rings. The summed E-state index contributed by atoms with van der Waals surface area (Å²) < 4.78 is 0. The predicted molar refractivity (Wildman–Crippen MR) is 83.3 cm³/mol. The average molecular weight is 289 g/mol. The van der Waals surface area contributed by atoms with E-state index in [9.17, 15) is 9.59 Å². The van der Waals surface area contributed by atoms with Crippen LogP contribution < -0.4 is 16.0 Å². The Hall–Kier alpha value is -2.04. The summed E-state index contributed by atoms with van der Waals surface area (Å²) >= 11 is 0. The van der Waals surface area contributed by atoms with Crippen molar-refractivity contribution in [2.45, 2.75) is 45.6 Å². The van der Waals surface area contributed by atoms with Gasteiger partial charge in [0.15, 0.2) is 0 Å². The Kier molecular flexibility index (Phi) is 5.20. The standard InChI is InChI=1S/C16H23N3O2/c1-11-7-8-14(12(2)9-11)17-10-15(20)19-16(21)18-13-5-3-4-6-13/h7-9,13,17H,3-6,10H2,1-2H3,(H2,18,19,20,21). The van der Waals surface area contributed by atoms with Gasteiger partial charge in [-0.25, -0.2) is 4.79 Å². The van der Waals surface area contributed by atoms with Crippen molar-refractivity contribution in [3.05, 3.63) is 29.3 Å². The summed E-state index contributed by atoms with van der Waals surface area (Å²) in [5.74, 6) is -0.328. The van der Waals surface area contributed by atoms with Gasteiger partial charge in [0.05, 0.1) is 6.54 Å². The molecule has 1 aromatic carbocycles. The van der Waals surface area contributed by atoms with E-state index in [1.165, 1.54) is 5.56 Å². The summed E-state index contributed by atoms with van der Waals surface area (Å²) in [4.78, 5) is 23.4. The Morgan fingerprint density at radius 1 is 1.19 bits per heavy atom. The molecule has 0 heterocycles. The monoisotopic (exact) mass is 289 g/mol. The number of benzene rings is 1. The van der Waals surface area contributed by atoms with E-state index >= 15 is 0 Å². The second-order valence-corrected chi connectivity index (χ2v) is 5.67. The van der Waals surface area contributed by atoms with Crippen molar-refractivity contribution in [1.29, 1.82) is 0 Å². The van der Waals surface area contributed by atoms with Crippen molar-refractivity contribution < 1.29 is 9.59 Å². The maximum absolute atomic E-state index is 11.7. The minimum atomic E-state index is -0.394. The van der Waals surface area contributed by atoms with Gasteiger partial charge in [-0.15, -0.1) is 0 Å². The number of urea groups is 1. The lowest BCUT2D eigenvalue weighted by Crippen LogP contribution is -2.45. The third-order valence-electron chi connectivity index (χ3n) is 3.76. The van der Waals surface area contributed by atoms with Crippen LogP contribution in [0, 0.1) is 13.8 Å². The molecule has 2 rings (SSSR count). The second-order valence-electron chi connectivity index (χ2n) is 5.67. The lowest BCUT2D eigenvalue weighted by atomic mass is 10.1. The fourth-order valence-electron chi connectivity index (χ4n) is 2.65. The van der Waals surface area contributed by atoms with Gasteiger partial charge >= 0.3 is 6.03 Å². The van der Waals surface area contributed by atoms with Gasteiger partial charge in [0.2, 0.25) is 5.91 Å². The van der Waals surface area contributed by atoms with Crippen molar-refractivity contribution in [2.75, 3.05) is 11.9 Å². The van der Waals surface area contributed by atoms with E-state index < -0.39 is 6.03 Å². The number of imide groups is 1. The van der Waals surface area contributed by atoms with Crippen LogP contribution in [0.3, 0.4) is 0 Å². The summed E-state index contributed by atoms with van der Waals surface area (Å²) in [6.07, 6.45) is 4.30. The lowest BCUT2D eigenvalue weighted by Gasteiger charge is -2.13. The summed E-state index contributed by atoms with van der Waals surface area (Å²) in [6.45, 7) is 4.10. The molecule has 1 aliphatic rings. The number of nitrogens with one attached hydrogen (secondary N) is 3. The van der Waals surface area contributed by atoms with E-state index in [0.29, 0.717) is 0 Å². The summed E-state index contributed by atoms with van der Waals surface area (Å²) in [6, 6.07) is 5.79. The first kappa shape index (κ1) is 15.4. The van der Waals surface area contributed by atoms with Crippen molar-refractivity contribution in [3.63, 3.8) is 0 Å². The van der Waals surface area contributed by atoms with Crippen LogP contribution >= 0.6 is 0 Å². The van der Waals surface area contributed by atoms with Crippen LogP contribution in [0.1, 0.15) is 36.8 Å². The highest BCUT2D eigenvalue weighted by molar-refractivity contribution is 5.96. The predicted octanol–water partition coefficient (Wildman–Crippen LogP) is 2.48. The fraction of sp³-hybridized carbons (Fsp3) is 0.500. The normalized spacial score (nSPS) is 14.8. The highest BCUT2D eigenvalue weighted by Gasteiger charge is 2.18. The first-order chi connectivity index (χ1) is 10.0. The molecule has 114 valence electrons. The molecule has 0 radical (unpaired) electrons. The largest absolute Gasteiger partial charge is 0.376 e. The molecule has 1 saturated carbocycles. The molecule has 0 saturated heterocycles. The highest BCUT2D eigenvalue weighted by atomic mass is 16.2. The summed E-state index contributed by atoms with van der Waals surface area (Å²) in [7, 11) is 0. The van der Waals surface area contributed by atoms with Crippen molar-refractivity contribution >= 4 is 17.6 Å². The molecule has 5 heteroatoms. The number of carbonyl (C=O) groups excluding carboxylic acids is 2. The molecule has 3 N–H and O–H groups in total. The van der Waals surface area contributed by atoms with Crippen LogP contribution in [0.15, 0.2) is 18.2 Å². The molecular weight excluding hydrogens is 266 g/mol. The zero-order valence-corrected chi connectivity index (χ0v) is 12.7. The lowest BCUT2D eigenvalue weighted by molar-refractivity contribution is -0.118. The molecule has 21 heavy (non-hydrogen) atoms. The number of amides is 3. The highest BCUT2D eigenvalue weighted by Crippen LogP contribution is 2.17. The minimum Gasteiger partial charge on any atom is -0.376 e. The number of aryl methyl sites for hydroxylation is 2. The third kappa shape index (κ3) is 4.77. The average Bonchev–Trinajstić information content (AvgIpc) is 2.90. The van der Waals surface area contributed by atoms with Crippen LogP contribution in [-0.2, 0) is 4.79 Å². The molecule has 0 aromatic heterocycles. The first-order valence-corrected chi connectivity index (χ1v) is 7.46. The molecule has 0 bridgehead atoms. The Morgan fingerprint density at radius 3 is 2.57 bits per heavy atom. The minimum absolute atomic E-state index is 0.0853. The molecule has 0 unspecified atom stereocenters. The molecule has 0 atom stereocenters. The van der Waals surface area contributed by atoms with Crippen LogP contribution in [0.25, 0.3) is 0 Å². The Morgan fingerprint density at radius 2 is 1.90 bits per heavy atom. The second kappa shape index (κ2) is 7.11. The number of hydrogen-bond acceptors (Lipinski definition) is 3. The number of anilines is 1. The molecule has 3 amide bonds. The van der Waals surface area contributed by atoms with Gasteiger partial charge in [0, 0.05) is 11.7 Å². The van der Waals surface area contributed by atoms with E-state index in [0.717, 1.165) is 36.9 Å². The van der Waals surface area contributed by atoms with Crippen molar-refractivity contribution in [1.82, 2.24) is 10.6 Å². The van der Waals surface area contributed by atoms with E-state index in [4.69, 9.17) is 0 Å². The molecule has 0 spiro atoms. The quantitative estimate of drug-likeness (QED) is 0.797. The molecular formula is C16H23N3O2. The van der Waals surface area contributed by atoms with Gasteiger partial charge in [-0.2, -0.15) is 0 Å². The van der Waals surface area contributed by atoms with Gasteiger partial charge in [-0.05, 0) is 38.3 Å². The number of hydrogen-bond donors (Lipinski definition) is 3. The van der Waals surface area contributed by atoms with Crippen LogP contribution in [0.2, 0.25) is 0 Å². The van der Waals surface area contributed by atoms with E-state index in [1.807, 2.05) is 32.0 Å². The van der Waals surface area contributed by atoms with Gasteiger partial charge < -0.3 is 10.6 Å². The SMILES string of the molecule is Cc1ccc(NCC(=O)NC(=O)NC2CCCC2)c(C)c1. The summed E-state index contributed by atoms with van der Waals surface area (Å²) in [5.41, 5.74) is 3.17. The van der Waals surface area contributed by atoms with Gasteiger partial charge in [-0.1, -0.05) is 30.5 Å². The topological polar surface area (TPSA) is 70.2 Å². The zero-order chi connectivity index (χ0) is 15.2. The van der Waals surface area contributed by atoms with Crippen molar-refractivity contribution in [3.8, 4) is 0 Å². The summed E-state index contributed by atoms with van der Waals surface area (Å²) in [5, 5.41) is 8.23. The molecule has 1 fully saturated rings. The van der Waals surface area contributed by atoms with E-state index in [2.05, 4.69) is 16.0 Å². The number of rotatable bonds is 4. The zero-order valence-electron chi connectivity index (χ0n) is 12.7. The number of carbonyl (C=O) groups is 2. The van der Waals surface area contributed by atoms with Crippen molar-refractivity contribution in [2.24, 2.45) is 0 Å². The van der Waals surface area contributed by atoms with Gasteiger partial charge in [0.25, 0.3) is 0 Å². The maximum atomic E-state index is 11.7. The Bertz CT molecular complexity index is 522. The maximum Gasteiger partial charge on any atom is 0.321 e. The van der Waals surface area contributed by atoms with Crippen LogP contribution in [-0.4, -0.2) is 24.5 Å². The molecule has 0 aliphatic heterocycles. The van der Waals surface area contributed by atoms with Crippen LogP contribution in [0.4, 0.5) is 10.5 Å². The van der Waals surface area contributed by atoms with Gasteiger partial charge in [-0.3, -0.25) is 10.1 Å². The molecule has 1 aliphatic carbocycles. The fourth-order valence-corrected chi connectivity index (χ4v) is 2.65. The molecule has 5 nitrogen and oxygen atoms in total. The first-order valence-electron chi connectivity index (χ1n) is 7.46. The van der Waals surface area contributed by atoms with Crippen LogP contribution in [0.5, 0.6) is 0 Å². The van der Waals surface area contributed by atoms with E-state index in [1.54, 1.807) is 0 Å².